The van der Waals surface area contributed by atoms with Crippen LogP contribution in [0.25, 0.3) is 0 Å². The molecule has 0 radical (unpaired) electrons. The molecule has 0 spiro atoms. The molecule has 1 aliphatic carbocycles. The number of aromatic hydroxyl groups is 1. The predicted molar refractivity (Wildman–Crippen MR) is 213 cm³/mol. The number of nitrogens with two attached hydrogens (primary N) is 2. The number of aryl methyl sites for hydroxylation is 1. The summed E-state index contributed by atoms with van der Waals surface area (Å²) in [5.74, 6) is 2.72. The van der Waals surface area contributed by atoms with Gasteiger partial charge < -0.3 is 46.7 Å². The highest BCUT2D eigenvalue weighted by Crippen LogP contribution is 2.43. The number of nitrogens with one attached hydrogen (secondary N) is 2. The van der Waals surface area contributed by atoms with Gasteiger partial charge in [-0.15, -0.1) is 0 Å². The standard InChI is InChI=1S/C39H60N6O6S2/c1-27(46)50-33-12-11-28-18-30(37(49)34(19-28)51-32-9-5-6-10-32)24-45-25-39(23-36(45)48,22-29-13-15-42-35(40)20-29)14-16-43-38(41)44-26-53-52-17-7-3-2-4-8-31(47)21-33/h13,18-20,31-33,42,47,49H,2-12,14-17,21-26,40H2,1H3,(H3,41,43,44). The third kappa shape index (κ3) is 13.2. The van der Waals surface area contributed by atoms with Gasteiger partial charge in [0, 0.05) is 62.7 Å². The number of ether oxygens (including phenoxy) is 2. The molecule has 3 aliphatic heterocycles. The van der Waals surface area contributed by atoms with E-state index in [1.807, 2.05) is 23.1 Å². The third-order valence-electron chi connectivity index (χ3n) is 10.6. The second-order valence-electron chi connectivity index (χ2n) is 15.1. The Kier molecular flexibility index (Phi) is 15.8. The van der Waals surface area contributed by atoms with Crippen LogP contribution < -0.4 is 26.8 Å². The number of aliphatic hydroxyl groups excluding tert-OH is 1. The second-order valence-corrected chi connectivity index (χ2v) is 17.7. The monoisotopic (exact) mass is 772 g/mol. The van der Waals surface area contributed by atoms with Gasteiger partial charge in [0.25, 0.3) is 0 Å². The molecule has 14 heteroatoms. The van der Waals surface area contributed by atoms with E-state index in [2.05, 4.69) is 21.7 Å². The molecule has 3 unspecified atom stereocenters. The van der Waals surface area contributed by atoms with Gasteiger partial charge in [-0.3, -0.25) is 9.59 Å². The lowest BCUT2D eigenvalue weighted by Crippen LogP contribution is -2.37. The Hall–Kier alpha value is -3.23. The number of fused-ring (bicyclic) bond motifs is 4. The first-order chi connectivity index (χ1) is 25.6. The number of allylic oxidation sites excluding steroid dienone is 2. The maximum Gasteiger partial charge on any atom is 0.302 e. The lowest BCUT2D eigenvalue weighted by atomic mass is 9.77. The molecule has 1 saturated carbocycles. The summed E-state index contributed by atoms with van der Waals surface area (Å²) in [4.78, 5) is 32.3. The fourth-order valence-electron chi connectivity index (χ4n) is 7.95. The number of dihydropyridines is 1. The van der Waals surface area contributed by atoms with Gasteiger partial charge in [-0.2, -0.15) is 0 Å². The number of nitrogens with zero attached hydrogens (tertiary/aromatic N) is 2. The van der Waals surface area contributed by atoms with Crippen molar-refractivity contribution in [3.05, 3.63) is 46.8 Å². The third-order valence-corrected chi connectivity index (χ3v) is 12.8. The zero-order valence-corrected chi connectivity index (χ0v) is 32.9. The number of hydrogen-bond acceptors (Lipinski definition) is 13. The molecule has 5 rings (SSSR count). The molecule has 12 nitrogen and oxygen atoms in total. The molecule has 1 aromatic carbocycles. The second kappa shape index (κ2) is 20.5. The first kappa shape index (κ1) is 40.9. The highest BCUT2D eigenvalue weighted by molar-refractivity contribution is 8.76. The van der Waals surface area contributed by atoms with Crippen LogP contribution in [0, 0.1) is 5.41 Å². The number of guanidine groups is 1. The van der Waals surface area contributed by atoms with Crippen LogP contribution in [0.3, 0.4) is 0 Å². The Bertz CT molecular complexity index is 1480. The summed E-state index contributed by atoms with van der Waals surface area (Å²) in [7, 11) is 3.47. The van der Waals surface area contributed by atoms with Crippen molar-refractivity contribution in [3.8, 4) is 11.5 Å². The lowest BCUT2D eigenvalue weighted by molar-refractivity contribution is -0.148. The van der Waals surface area contributed by atoms with E-state index in [-0.39, 0.29) is 35.7 Å². The number of aliphatic imine (C=N–C) groups is 1. The Morgan fingerprint density at radius 2 is 1.85 bits per heavy atom. The average Bonchev–Trinajstić information content (AvgIpc) is 3.72. The summed E-state index contributed by atoms with van der Waals surface area (Å²) in [5.41, 5.74) is 14.6. The molecule has 1 amide bonds. The number of esters is 1. The summed E-state index contributed by atoms with van der Waals surface area (Å²) in [5, 5.41) is 28.9. The largest absolute Gasteiger partial charge is 0.504 e. The van der Waals surface area contributed by atoms with Crippen molar-refractivity contribution in [2.75, 3.05) is 31.3 Å². The Balaban J connectivity index is 1.40. The molecular weight excluding hydrogens is 713 g/mol. The number of benzene rings is 1. The van der Waals surface area contributed by atoms with Crippen LogP contribution in [0.5, 0.6) is 11.5 Å². The summed E-state index contributed by atoms with van der Waals surface area (Å²) < 4.78 is 12.1. The zero-order valence-electron chi connectivity index (χ0n) is 31.3. The van der Waals surface area contributed by atoms with Gasteiger partial charge in [0.2, 0.25) is 5.91 Å². The van der Waals surface area contributed by atoms with Gasteiger partial charge in [0.05, 0.1) is 23.9 Å². The van der Waals surface area contributed by atoms with Crippen molar-refractivity contribution < 1.29 is 29.3 Å². The summed E-state index contributed by atoms with van der Waals surface area (Å²) in [6.07, 6.45) is 15.1. The molecule has 4 bridgehead atoms. The normalized spacial score (nSPS) is 26.4. The van der Waals surface area contributed by atoms with E-state index in [1.165, 1.54) is 6.92 Å². The minimum absolute atomic E-state index is 0.0240. The number of phenolic OH excluding ortho intramolecular Hbond substituents is 1. The van der Waals surface area contributed by atoms with E-state index in [1.54, 1.807) is 21.6 Å². The summed E-state index contributed by atoms with van der Waals surface area (Å²) in [6, 6.07) is 3.83. The number of carbonyl (C=O) groups excluding carboxylic acids is 2. The number of rotatable bonds is 5. The molecule has 3 heterocycles. The first-order valence-electron chi connectivity index (χ1n) is 19.4. The molecule has 0 aromatic heterocycles. The van der Waals surface area contributed by atoms with Gasteiger partial charge in [0.15, 0.2) is 17.5 Å². The van der Waals surface area contributed by atoms with E-state index < -0.39 is 12.2 Å². The highest BCUT2D eigenvalue weighted by atomic mass is 33.1. The van der Waals surface area contributed by atoms with Gasteiger partial charge in [0.1, 0.15) is 6.10 Å². The fourth-order valence-corrected chi connectivity index (χ4v) is 9.74. The molecule has 1 saturated heterocycles. The van der Waals surface area contributed by atoms with Gasteiger partial charge >= 0.3 is 5.97 Å². The minimum atomic E-state index is -0.564. The van der Waals surface area contributed by atoms with E-state index in [0.717, 1.165) is 68.3 Å². The number of carbonyl (C=O) groups is 2. The van der Waals surface area contributed by atoms with E-state index >= 15 is 0 Å². The van der Waals surface area contributed by atoms with Crippen LogP contribution >= 0.6 is 21.6 Å². The SMILES string of the molecule is CC(=O)OC1CCc2cc(c(O)c(OC3CCCC3)c2)CN2CC(CC3=CCNC(N)=C3)(CCNC(N)=NCSSCCCCCCC(O)C1)CC2=O. The van der Waals surface area contributed by atoms with Gasteiger partial charge in [-0.1, -0.05) is 53.0 Å². The molecule has 8 N–H and O–H groups in total. The van der Waals surface area contributed by atoms with Gasteiger partial charge in [-0.05, 0) is 87.5 Å². The van der Waals surface area contributed by atoms with Crippen LogP contribution in [0.2, 0.25) is 0 Å². The smallest absolute Gasteiger partial charge is 0.302 e. The molecule has 294 valence electrons. The topological polar surface area (TPSA) is 185 Å². The van der Waals surface area contributed by atoms with Crippen molar-refractivity contribution in [3.63, 3.8) is 0 Å². The van der Waals surface area contributed by atoms with Crippen LogP contribution in [-0.2, 0) is 27.3 Å². The fraction of sp³-hybridized carbons (Fsp3) is 0.667. The summed E-state index contributed by atoms with van der Waals surface area (Å²) >= 11 is 0. The van der Waals surface area contributed by atoms with Gasteiger partial charge in [-0.25, -0.2) is 4.99 Å². The van der Waals surface area contributed by atoms with E-state index in [9.17, 15) is 19.8 Å². The highest BCUT2D eigenvalue weighted by Gasteiger charge is 2.43. The minimum Gasteiger partial charge on any atom is -0.504 e. The lowest BCUT2D eigenvalue weighted by Gasteiger charge is -2.31. The van der Waals surface area contributed by atoms with Crippen LogP contribution in [0.4, 0.5) is 0 Å². The number of phenols is 1. The van der Waals surface area contributed by atoms with Crippen molar-refractivity contribution in [2.45, 2.75) is 128 Å². The zero-order chi connectivity index (χ0) is 37.6. The maximum atomic E-state index is 13.9. The Morgan fingerprint density at radius 1 is 1.06 bits per heavy atom. The molecule has 53 heavy (non-hydrogen) atoms. The molecular formula is C39H60N6O6S2. The van der Waals surface area contributed by atoms with Crippen LogP contribution in [-0.4, -0.2) is 82.5 Å². The number of aliphatic hydroxyl groups is 1. The molecule has 1 aromatic rings. The van der Waals surface area contributed by atoms with Crippen LogP contribution in [0.15, 0.2) is 40.7 Å². The number of hydrogen-bond donors (Lipinski definition) is 6. The van der Waals surface area contributed by atoms with Crippen LogP contribution in [0.1, 0.15) is 108 Å². The predicted octanol–water partition coefficient (Wildman–Crippen LogP) is 5.36. The van der Waals surface area contributed by atoms with Crippen molar-refractivity contribution >= 4 is 39.4 Å². The molecule has 3 atom stereocenters. The number of amides is 1. The van der Waals surface area contributed by atoms with E-state index in [4.69, 9.17) is 20.9 Å². The maximum absolute atomic E-state index is 13.9. The summed E-state index contributed by atoms with van der Waals surface area (Å²) in [6.45, 7) is 3.35. The Labute approximate surface area is 322 Å². The molecule has 4 aliphatic rings. The first-order valence-corrected chi connectivity index (χ1v) is 21.9. The van der Waals surface area contributed by atoms with Crippen molar-refractivity contribution in [2.24, 2.45) is 21.9 Å². The molecule has 2 fully saturated rings. The quantitative estimate of drug-likeness (QED) is 0.167. The van der Waals surface area contributed by atoms with Crippen molar-refractivity contribution in [1.29, 1.82) is 0 Å². The Morgan fingerprint density at radius 3 is 2.64 bits per heavy atom. The average molecular weight is 773 g/mol. The van der Waals surface area contributed by atoms with Crippen molar-refractivity contribution in [1.82, 2.24) is 15.5 Å². The van der Waals surface area contributed by atoms with E-state index in [0.29, 0.717) is 93.6 Å².